The first-order valence-corrected chi connectivity index (χ1v) is 7.59. The van der Waals surface area contributed by atoms with Gasteiger partial charge in [0.2, 0.25) is 0 Å². The molecule has 116 valence electrons. The van der Waals surface area contributed by atoms with Crippen molar-refractivity contribution in [1.82, 2.24) is 9.80 Å². The molecule has 1 fully saturated rings. The molecule has 2 N–H and O–H groups in total. The summed E-state index contributed by atoms with van der Waals surface area (Å²) in [6.07, 6.45) is 1.50. The number of nitrogens with zero attached hydrogens (tertiary/aromatic N) is 2. The first-order chi connectivity index (χ1) is 10.8. The molecule has 1 aliphatic rings. The number of nitrogens with two attached hydrogens (primary N) is 1. The van der Waals surface area contributed by atoms with Gasteiger partial charge in [-0.15, -0.1) is 0 Å². The van der Waals surface area contributed by atoms with Crippen LogP contribution in [0.5, 0.6) is 0 Å². The second-order valence-corrected chi connectivity index (χ2v) is 5.56. The highest BCUT2D eigenvalue weighted by Gasteiger charge is 2.23. The fourth-order valence-electron chi connectivity index (χ4n) is 2.73. The quantitative estimate of drug-likeness (QED) is 0.933. The van der Waals surface area contributed by atoms with Crippen molar-refractivity contribution in [2.75, 3.05) is 26.2 Å². The molecule has 1 saturated heterocycles. The van der Waals surface area contributed by atoms with Gasteiger partial charge in [-0.2, -0.15) is 0 Å². The van der Waals surface area contributed by atoms with Crippen LogP contribution < -0.4 is 5.73 Å². The molecule has 0 unspecified atom stereocenters. The van der Waals surface area contributed by atoms with Gasteiger partial charge in [-0.25, -0.2) is 0 Å². The Morgan fingerprint density at radius 2 is 1.86 bits per heavy atom. The minimum atomic E-state index is 0.0304. The fraction of sp³-hybridized carbons (Fsp3) is 0.353. The molecular formula is C17H21N3O2. The lowest BCUT2D eigenvalue weighted by molar-refractivity contribution is 0.0628. The third kappa shape index (κ3) is 3.37. The zero-order valence-electron chi connectivity index (χ0n) is 12.6. The van der Waals surface area contributed by atoms with Gasteiger partial charge in [0.05, 0.1) is 12.1 Å². The Labute approximate surface area is 130 Å². The van der Waals surface area contributed by atoms with E-state index in [0.717, 1.165) is 32.7 Å². The number of carbonyl (C=O) groups is 1. The van der Waals surface area contributed by atoms with Crippen LogP contribution in [0.4, 0.5) is 0 Å². The Morgan fingerprint density at radius 3 is 2.50 bits per heavy atom. The van der Waals surface area contributed by atoms with Crippen molar-refractivity contribution in [2.45, 2.75) is 13.1 Å². The predicted molar refractivity (Wildman–Crippen MR) is 84.2 cm³/mol. The van der Waals surface area contributed by atoms with Crippen LogP contribution in [-0.2, 0) is 13.1 Å². The van der Waals surface area contributed by atoms with Crippen LogP contribution >= 0.6 is 0 Å². The molecule has 22 heavy (non-hydrogen) atoms. The van der Waals surface area contributed by atoms with E-state index in [1.807, 2.05) is 11.0 Å². The van der Waals surface area contributed by atoms with Gasteiger partial charge >= 0.3 is 0 Å². The molecule has 0 aliphatic carbocycles. The summed E-state index contributed by atoms with van der Waals surface area (Å²) in [5, 5.41) is 0. The fourth-order valence-corrected chi connectivity index (χ4v) is 2.73. The third-order valence-corrected chi connectivity index (χ3v) is 4.01. The number of benzene rings is 1. The van der Waals surface area contributed by atoms with Crippen molar-refractivity contribution in [1.29, 1.82) is 0 Å². The largest absolute Gasteiger partial charge is 0.467 e. The molecule has 3 rings (SSSR count). The van der Waals surface area contributed by atoms with Crippen LogP contribution in [0.15, 0.2) is 47.1 Å². The average Bonchev–Trinajstić information content (AvgIpc) is 3.05. The molecule has 5 nitrogen and oxygen atoms in total. The number of hydrogen-bond acceptors (Lipinski definition) is 4. The van der Waals surface area contributed by atoms with Crippen molar-refractivity contribution in [3.63, 3.8) is 0 Å². The first-order valence-electron chi connectivity index (χ1n) is 7.59. The highest BCUT2D eigenvalue weighted by Crippen LogP contribution is 2.13. The summed E-state index contributed by atoms with van der Waals surface area (Å²) in [6, 6.07) is 12.2. The maximum absolute atomic E-state index is 12.4. The standard InChI is InChI=1S/C17H21N3O2/c18-11-16-10-15(13-22-16)17(21)20-8-6-19(7-9-20)12-14-4-2-1-3-5-14/h1-5,10,13H,6-9,11-12,18H2. The van der Waals surface area contributed by atoms with E-state index >= 15 is 0 Å². The number of amides is 1. The molecule has 1 aliphatic heterocycles. The lowest BCUT2D eigenvalue weighted by Crippen LogP contribution is -2.48. The SMILES string of the molecule is NCc1cc(C(=O)N2CCN(Cc3ccccc3)CC2)co1. The van der Waals surface area contributed by atoms with E-state index in [9.17, 15) is 4.79 Å². The topological polar surface area (TPSA) is 62.7 Å². The molecule has 0 bridgehead atoms. The maximum Gasteiger partial charge on any atom is 0.257 e. The van der Waals surface area contributed by atoms with Crippen LogP contribution in [0, 0.1) is 0 Å². The Kier molecular flexibility index (Phi) is 4.56. The number of rotatable bonds is 4. The first kappa shape index (κ1) is 14.8. The molecule has 1 aromatic carbocycles. The zero-order valence-corrected chi connectivity index (χ0v) is 12.6. The second-order valence-electron chi connectivity index (χ2n) is 5.56. The summed E-state index contributed by atoms with van der Waals surface area (Å²) < 4.78 is 5.24. The average molecular weight is 299 g/mol. The van der Waals surface area contributed by atoms with Crippen molar-refractivity contribution < 1.29 is 9.21 Å². The number of furan rings is 1. The minimum Gasteiger partial charge on any atom is -0.467 e. The smallest absolute Gasteiger partial charge is 0.257 e. The van der Waals surface area contributed by atoms with E-state index in [1.165, 1.54) is 11.8 Å². The number of carbonyl (C=O) groups excluding carboxylic acids is 1. The van der Waals surface area contributed by atoms with E-state index < -0.39 is 0 Å². The Morgan fingerprint density at radius 1 is 1.14 bits per heavy atom. The minimum absolute atomic E-state index is 0.0304. The third-order valence-electron chi connectivity index (χ3n) is 4.01. The Bertz CT molecular complexity index is 616. The molecule has 1 amide bonds. The number of hydrogen-bond donors (Lipinski definition) is 1. The highest BCUT2D eigenvalue weighted by molar-refractivity contribution is 5.94. The van der Waals surface area contributed by atoms with Crippen molar-refractivity contribution in [2.24, 2.45) is 5.73 Å². The molecule has 2 heterocycles. The highest BCUT2D eigenvalue weighted by atomic mass is 16.3. The van der Waals surface area contributed by atoms with Crippen LogP contribution in [0.25, 0.3) is 0 Å². The Hall–Kier alpha value is -2.11. The second kappa shape index (κ2) is 6.77. The zero-order chi connectivity index (χ0) is 15.4. The van der Waals surface area contributed by atoms with Gasteiger partial charge in [-0.05, 0) is 11.6 Å². The van der Waals surface area contributed by atoms with Gasteiger partial charge in [-0.3, -0.25) is 9.69 Å². The van der Waals surface area contributed by atoms with E-state index in [1.54, 1.807) is 6.07 Å². The van der Waals surface area contributed by atoms with Crippen molar-refractivity contribution >= 4 is 5.91 Å². The molecular weight excluding hydrogens is 278 g/mol. The van der Waals surface area contributed by atoms with Gasteiger partial charge in [-0.1, -0.05) is 30.3 Å². The van der Waals surface area contributed by atoms with Gasteiger partial charge in [0, 0.05) is 32.7 Å². The van der Waals surface area contributed by atoms with E-state index in [-0.39, 0.29) is 5.91 Å². The summed E-state index contributed by atoms with van der Waals surface area (Å²) in [5.74, 6) is 0.675. The van der Waals surface area contributed by atoms with E-state index in [2.05, 4.69) is 29.2 Å². The molecule has 0 saturated carbocycles. The lowest BCUT2D eigenvalue weighted by atomic mass is 10.2. The number of piperazine rings is 1. The summed E-state index contributed by atoms with van der Waals surface area (Å²) >= 11 is 0. The van der Waals surface area contributed by atoms with Crippen LogP contribution in [0.3, 0.4) is 0 Å². The Balaban J connectivity index is 1.54. The van der Waals surface area contributed by atoms with Gasteiger partial charge in [0.1, 0.15) is 12.0 Å². The lowest BCUT2D eigenvalue weighted by Gasteiger charge is -2.34. The maximum atomic E-state index is 12.4. The summed E-state index contributed by atoms with van der Waals surface area (Å²) in [5.41, 5.74) is 7.41. The molecule has 1 aromatic heterocycles. The molecule has 0 atom stereocenters. The molecule has 0 radical (unpaired) electrons. The molecule has 5 heteroatoms. The van der Waals surface area contributed by atoms with Gasteiger partial charge < -0.3 is 15.1 Å². The summed E-state index contributed by atoms with van der Waals surface area (Å²) in [7, 11) is 0. The normalized spacial score (nSPS) is 16.0. The van der Waals surface area contributed by atoms with Gasteiger partial charge in [0.15, 0.2) is 0 Å². The van der Waals surface area contributed by atoms with Crippen LogP contribution in [0.1, 0.15) is 21.7 Å². The predicted octanol–water partition coefficient (Wildman–Crippen LogP) is 1.70. The van der Waals surface area contributed by atoms with Crippen LogP contribution in [0.2, 0.25) is 0 Å². The van der Waals surface area contributed by atoms with Crippen LogP contribution in [-0.4, -0.2) is 41.9 Å². The molecule has 0 spiro atoms. The monoisotopic (exact) mass is 299 g/mol. The van der Waals surface area contributed by atoms with E-state index in [0.29, 0.717) is 17.9 Å². The van der Waals surface area contributed by atoms with E-state index in [4.69, 9.17) is 10.2 Å². The van der Waals surface area contributed by atoms with Crippen molar-refractivity contribution in [3.05, 3.63) is 59.5 Å². The van der Waals surface area contributed by atoms with Crippen molar-refractivity contribution in [3.8, 4) is 0 Å². The summed E-state index contributed by atoms with van der Waals surface area (Å²) in [4.78, 5) is 16.7. The summed E-state index contributed by atoms with van der Waals surface area (Å²) in [6.45, 7) is 4.53. The van der Waals surface area contributed by atoms with Gasteiger partial charge in [0.25, 0.3) is 5.91 Å². The molecule has 2 aromatic rings.